The number of nitrogens with zero attached hydrogens (tertiary/aromatic N) is 1. The highest BCUT2D eigenvalue weighted by molar-refractivity contribution is 8.26. The van der Waals surface area contributed by atoms with Crippen molar-refractivity contribution >= 4 is 57.9 Å². The average Bonchev–Trinajstić information content (AvgIpc) is 3.19. The number of hydrogen-bond acceptors (Lipinski definition) is 6. The summed E-state index contributed by atoms with van der Waals surface area (Å²) in [5, 5.41) is 9.33. The molecule has 27 heavy (non-hydrogen) atoms. The van der Waals surface area contributed by atoms with Crippen LogP contribution in [0.2, 0.25) is 5.02 Å². The van der Waals surface area contributed by atoms with E-state index in [1.165, 1.54) is 28.8 Å². The molecule has 1 aromatic carbocycles. The Bertz CT molecular complexity index is 953. The van der Waals surface area contributed by atoms with Crippen molar-refractivity contribution in [1.82, 2.24) is 4.90 Å². The van der Waals surface area contributed by atoms with E-state index in [2.05, 4.69) is 0 Å². The number of carbonyl (C=O) groups excluding carboxylic acids is 1. The Morgan fingerprint density at radius 1 is 1.41 bits per heavy atom. The molecule has 0 aliphatic carbocycles. The van der Waals surface area contributed by atoms with Crippen LogP contribution in [-0.2, 0) is 9.53 Å². The molecule has 1 N–H and O–H groups in total. The standard InChI is InChI=1S/C18H14ClNO5S2/c1-24-7-6-20-16(21)15(27-18(20)26)9-11-3-5-14(25-11)10-2-4-13(19)12(8-10)17(22)23/h2-5,8-9H,6-7H2,1H3,(H,22,23)/b15-9-. The van der Waals surface area contributed by atoms with Crippen molar-refractivity contribution in [3.63, 3.8) is 0 Å². The van der Waals surface area contributed by atoms with Crippen molar-refractivity contribution in [2.24, 2.45) is 0 Å². The van der Waals surface area contributed by atoms with Crippen LogP contribution in [0.3, 0.4) is 0 Å². The molecule has 0 spiro atoms. The summed E-state index contributed by atoms with van der Waals surface area (Å²) in [5.41, 5.74) is 0.565. The lowest BCUT2D eigenvalue weighted by molar-refractivity contribution is -0.122. The molecule has 1 aliphatic rings. The normalized spacial score (nSPS) is 15.8. The molecule has 2 aromatic rings. The zero-order valence-electron chi connectivity index (χ0n) is 14.1. The average molecular weight is 424 g/mol. The second kappa shape index (κ2) is 8.26. The van der Waals surface area contributed by atoms with Gasteiger partial charge in [-0.05, 0) is 30.3 Å². The fraction of sp³-hybridized carbons (Fsp3) is 0.167. The van der Waals surface area contributed by atoms with Crippen LogP contribution in [0.1, 0.15) is 16.1 Å². The number of furan rings is 1. The smallest absolute Gasteiger partial charge is 0.337 e. The highest BCUT2D eigenvalue weighted by atomic mass is 35.5. The van der Waals surface area contributed by atoms with Gasteiger partial charge >= 0.3 is 5.97 Å². The van der Waals surface area contributed by atoms with E-state index in [1.54, 1.807) is 31.4 Å². The van der Waals surface area contributed by atoms with Gasteiger partial charge in [0.2, 0.25) is 0 Å². The van der Waals surface area contributed by atoms with Crippen LogP contribution in [-0.4, -0.2) is 46.5 Å². The van der Waals surface area contributed by atoms with Crippen molar-refractivity contribution in [2.45, 2.75) is 0 Å². The number of rotatable bonds is 6. The van der Waals surface area contributed by atoms with E-state index >= 15 is 0 Å². The van der Waals surface area contributed by atoms with Crippen LogP contribution in [0.15, 0.2) is 39.7 Å². The fourth-order valence-electron chi connectivity index (χ4n) is 2.43. The summed E-state index contributed by atoms with van der Waals surface area (Å²) in [6.07, 6.45) is 1.61. The number of methoxy groups -OCH3 is 1. The van der Waals surface area contributed by atoms with Crippen molar-refractivity contribution < 1.29 is 23.8 Å². The van der Waals surface area contributed by atoms with E-state index in [0.29, 0.717) is 39.5 Å². The number of benzene rings is 1. The molecule has 0 bridgehead atoms. The predicted molar refractivity (Wildman–Crippen MR) is 108 cm³/mol. The number of thioether (sulfide) groups is 1. The van der Waals surface area contributed by atoms with Crippen LogP contribution in [0, 0.1) is 0 Å². The Morgan fingerprint density at radius 3 is 2.89 bits per heavy atom. The number of halogens is 1. The summed E-state index contributed by atoms with van der Waals surface area (Å²) in [7, 11) is 1.56. The summed E-state index contributed by atoms with van der Waals surface area (Å²) in [5.74, 6) is -0.382. The summed E-state index contributed by atoms with van der Waals surface area (Å²) in [6, 6.07) is 8.01. The topological polar surface area (TPSA) is 80.0 Å². The van der Waals surface area contributed by atoms with Gasteiger partial charge < -0.3 is 14.3 Å². The van der Waals surface area contributed by atoms with E-state index in [0.717, 1.165) is 0 Å². The third-order valence-corrected chi connectivity index (χ3v) is 5.48. The van der Waals surface area contributed by atoms with Gasteiger partial charge in [-0.2, -0.15) is 0 Å². The first kappa shape index (κ1) is 19.6. The monoisotopic (exact) mass is 423 g/mol. The summed E-state index contributed by atoms with van der Waals surface area (Å²) < 4.78 is 11.2. The van der Waals surface area contributed by atoms with Crippen LogP contribution >= 0.6 is 35.6 Å². The molecular formula is C18H14ClNO5S2. The Labute approximate surface area is 169 Å². The number of aromatic carboxylic acids is 1. The lowest BCUT2D eigenvalue weighted by Crippen LogP contribution is -2.31. The minimum Gasteiger partial charge on any atom is -0.478 e. The number of thiocarbonyl (C=S) groups is 1. The van der Waals surface area contributed by atoms with E-state index in [9.17, 15) is 14.7 Å². The number of amides is 1. The van der Waals surface area contributed by atoms with Crippen LogP contribution in [0.5, 0.6) is 0 Å². The highest BCUT2D eigenvalue weighted by Gasteiger charge is 2.31. The third kappa shape index (κ3) is 4.24. The van der Waals surface area contributed by atoms with E-state index < -0.39 is 5.97 Å². The zero-order valence-corrected chi connectivity index (χ0v) is 16.5. The van der Waals surface area contributed by atoms with Gasteiger partial charge in [0.05, 0.1) is 28.6 Å². The van der Waals surface area contributed by atoms with Gasteiger partial charge in [0.25, 0.3) is 5.91 Å². The molecule has 0 saturated carbocycles. The van der Waals surface area contributed by atoms with Crippen LogP contribution < -0.4 is 0 Å². The van der Waals surface area contributed by atoms with Crippen molar-refractivity contribution in [2.75, 3.05) is 20.3 Å². The second-order valence-corrected chi connectivity index (χ2v) is 7.61. The maximum absolute atomic E-state index is 12.4. The highest BCUT2D eigenvalue weighted by Crippen LogP contribution is 2.34. The largest absolute Gasteiger partial charge is 0.478 e. The zero-order chi connectivity index (χ0) is 19.6. The molecular weight excluding hydrogens is 410 g/mol. The minimum atomic E-state index is -1.12. The van der Waals surface area contributed by atoms with E-state index in [1.807, 2.05) is 0 Å². The second-order valence-electron chi connectivity index (χ2n) is 5.53. The fourth-order valence-corrected chi connectivity index (χ4v) is 3.92. The SMILES string of the molecule is COCCN1C(=O)/C(=C/c2ccc(-c3ccc(Cl)c(C(=O)O)c3)o2)SC1=S. The number of ether oxygens (including phenoxy) is 1. The van der Waals surface area contributed by atoms with Gasteiger partial charge in [0.1, 0.15) is 15.8 Å². The molecule has 0 atom stereocenters. The molecule has 140 valence electrons. The number of hydrogen-bond donors (Lipinski definition) is 1. The molecule has 9 heteroatoms. The Kier molecular flexibility index (Phi) is 6.01. The van der Waals surface area contributed by atoms with Crippen molar-refractivity contribution in [3.05, 3.63) is 51.6 Å². The van der Waals surface area contributed by atoms with Crippen molar-refractivity contribution in [1.29, 1.82) is 0 Å². The number of carboxylic acid groups (broad SMARTS) is 1. The maximum Gasteiger partial charge on any atom is 0.337 e. The molecule has 1 fully saturated rings. The van der Waals surface area contributed by atoms with Gasteiger partial charge in [-0.1, -0.05) is 35.6 Å². The molecule has 1 aliphatic heterocycles. The lowest BCUT2D eigenvalue weighted by Gasteiger charge is -2.12. The minimum absolute atomic E-state index is 0.00821. The maximum atomic E-state index is 12.4. The first-order valence-corrected chi connectivity index (χ1v) is 9.38. The number of carboxylic acids is 1. The molecule has 3 rings (SSSR count). The van der Waals surface area contributed by atoms with Gasteiger partial charge in [-0.15, -0.1) is 0 Å². The van der Waals surface area contributed by atoms with E-state index in [4.69, 9.17) is 33.0 Å². The molecule has 1 amide bonds. The summed E-state index contributed by atoms with van der Waals surface area (Å²) in [6.45, 7) is 0.789. The summed E-state index contributed by atoms with van der Waals surface area (Å²) in [4.78, 5) is 25.6. The quantitative estimate of drug-likeness (QED) is 0.552. The molecule has 2 heterocycles. The number of carbonyl (C=O) groups is 2. The Hall–Kier alpha value is -2.13. The molecule has 1 saturated heterocycles. The van der Waals surface area contributed by atoms with Crippen LogP contribution in [0.4, 0.5) is 0 Å². The Balaban J connectivity index is 1.84. The Morgan fingerprint density at radius 2 is 2.19 bits per heavy atom. The van der Waals surface area contributed by atoms with Crippen molar-refractivity contribution in [3.8, 4) is 11.3 Å². The van der Waals surface area contributed by atoms with Gasteiger partial charge in [0.15, 0.2) is 0 Å². The van der Waals surface area contributed by atoms with Crippen LogP contribution in [0.25, 0.3) is 17.4 Å². The van der Waals surface area contributed by atoms with Gasteiger partial charge in [-0.3, -0.25) is 9.69 Å². The van der Waals surface area contributed by atoms with Gasteiger partial charge in [-0.25, -0.2) is 4.79 Å². The first-order chi connectivity index (χ1) is 12.9. The first-order valence-electron chi connectivity index (χ1n) is 7.78. The van der Waals surface area contributed by atoms with E-state index in [-0.39, 0.29) is 16.5 Å². The molecule has 0 radical (unpaired) electrons. The van der Waals surface area contributed by atoms with Gasteiger partial charge in [0, 0.05) is 18.7 Å². The summed E-state index contributed by atoms with van der Waals surface area (Å²) >= 11 is 12.3. The molecule has 0 unspecified atom stereocenters. The lowest BCUT2D eigenvalue weighted by atomic mass is 10.1. The molecule has 1 aromatic heterocycles. The molecule has 6 nitrogen and oxygen atoms in total. The predicted octanol–water partition coefficient (Wildman–Crippen LogP) is 4.15. The third-order valence-electron chi connectivity index (χ3n) is 3.77.